The molecule has 2 heteroatoms. The van der Waals surface area contributed by atoms with Gasteiger partial charge in [-0.2, -0.15) is 0 Å². The zero-order valence-corrected chi connectivity index (χ0v) is 11.2. The first-order valence-electron chi connectivity index (χ1n) is 7.75. The zero-order valence-electron chi connectivity index (χ0n) is 11.2. The van der Waals surface area contributed by atoms with Gasteiger partial charge in [-0.05, 0) is 63.3 Å². The highest BCUT2D eigenvalue weighted by molar-refractivity contribution is 5.06. The second kappa shape index (κ2) is 3.71. The Morgan fingerprint density at radius 1 is 1.12 bits per heavy atom. The molecule has 4 fully saturated rings. The molecule has 2 unspecified atom stereocenters. The summed E-state index contributed by atoms with van der Waals surface area (Å²) in [6, 6.07) is 1.71. The van der Waals surface area contributed by atoms with Crippen LogP contribution in [0.4, 0.5) is 0 Å². The molecule has 2 atom stereocenters. The third-order valence-electron chi connectivity index (χ3n) is 5.92. The zero-order chi connectivity index (χ0) is 11.5. The van der Waals surface area contributed by atoms with Crippen LogP contribution in [0.5, 0.6) is 0 Å². The highest BCUT2D eigenvalue weighted by Gasteiger charge is 2.55. The minimum absolute atomic E-state index is 0.801. The fourth-order valence-electron chi connectivity index (χ4n) is 4.42. The van der Waals surface area contributed by atoms with Crippen LogP contribution in [-0.4, -0.2) is 48.1 Å². The molecule has 2 heterocycles. The van der Waals surface area contributed by atoms with Crippen molar-refractivity contribution in [3.8, 4) is 0 Å². The minimum atomic E-state index is 0.801. The Labute approximate surface area is 105 Å². The standard InChI is InChI=1S/C15H26N2/c1-12-9-16-8-2-3-14(16)10-17(12)11-15(6-7-15)13-4-5-13/h12-14H,2-11H2,1H3. The molecule has 2 nitrogen and oxygen atoms in total. The third-order valence-corrected chi connectivity index (χ3v) is 5.92. The van der Waals surface area contributed by atoms with E-state index in [2.05, 4.69) is 16.7 Å². The smallest absolute Gasteiger partial charge is 0.0224 e. The van der Waals surface area contributed by atoms with E-state index in [4.69, 9.17) is 0 Å². The highest BCUT2D eigenvalue weighted by atomic mass is 15.3. The van der Waals surface area contributed by atoms with E-state index in [0.29, 0.717) is 0 Å². The van der Waals surface area contributed by atoms with Gasteiger partial charge in [0.2, 0.25) is 0 Å². The highest BCUT2D eigenvalue weighted by Crippen LogP contribution is 2.61. The molecule has 0 spiro atoms. The van der Waals surface area contributed by atoms with Crippen molar-refractivity contribution in [3.63, 3.8) is 0 Å². The van der Waals surface area contributed by atoms with E-state index in [1.165, 1.54) is 64.7 Å². The number of hydrogen-bond acceptors (Lipinski definition) is 2. The van der Waals surface area contributed by atoms with Crippen LogP contribution < -0.4 is 0 Å². The summed E-state index contributed by atoms with van der Waals surface area (Å²) in [5.41, 5.74) is 0.801. The summed E-state index contributed by atoms with van der Waals surface area (Å²) in [6.45, 7) is 7.97. The van der Waals surface area contributed by atoms with Crippen molar-refractivity contribution in [1.29, 1.82) is 0 Å². The van der Waals surface area contributed by atoms with E-state index in [0.717, 1.165) is 23.4 Å². The Morgan fingerprint density at radius 3 is 2.65 bits per heavy atom. The van der Waals surface area contributed by atoms with Crippen molar-refractivity contribution in [2.45, 2.75) is 57.5 Å². The summed E-state index contributed by atoms with van der Waals surface area (Å²) >= 11 is 0. The fraction of sp³-hybridized carbons (Fsp3) is 1.00. The van der Waals surface area contributed by atoms with Gasteiger partial charge in [0.1, 0.15) is 0 Å². The average molecular weight is 234 g/mol. The molecule has 0 aromatic carbocycles. The maximum absolute atomic E-state index is 2.85. The van der Waals surface area contributed by atoms with Gasteiger partial charge in [-0.15, -0.1) is 0 Å². The molecular weight excluding hydrogens is 208 g/mol. The number of rotatable bonds is 3. The SMILES string of the molecule is CC1CN2CCCC2CN1CC1(C2CC2)CC1. The lowest BCUT2D eigenvalue weighted by Gasteiger charge is -2.44. The number of nitrogens with zero attached hydrogens (tertiary/aromatic N) is 2. The van der Waals surface area contributed by atoms with E-state index in [9.17, 15) is 0 Å². The molecule has 4 aliphatic rings. The monoisotopic (exact) mass is 234 g/mol. The van der Waals surface area contributed by atoms with Gasteiger partial charge in [-0.1, -0.05) is 0 Å². The maximum atomic E-state index is 2.85. The van der Waals surface area contributed by atoms with Crippen LogP contribution in [0.1, 0.15) is 45.4 Å². The summed E-state index contributed by atoms with van der Waals surface area (Å²) < 4.78 is 0. The molecule has 0 N–H and O–H groups in total. The van der Waals surface area contributed by atoms with E-state index >= 15 is 0 Å². The Balaban J connectivity index is 1.43. The van der Waals surface area contributed by atoms with Crippen molar-refractivity contribution in [2.75, 3.05) is 26.2 Å². The largest absolute Gasteiger partial charge is 0.298 e. The van der Waals surface area contributed by atoms with Gasteiger partial charge in [-0.25, -0.2) is 0 Å². The van der Waals surface area contributed by atoms with Gasteiger partial charge in [0.05, 0.1) is 0 Å². The Hall–Kier alpha value is -0.0800. The van der Waals surface area contributed by atoms with Crippen molar-refractivity contribution in [1.82, 2.24) is 9.80 Å². The number of piperazine rings is 1. The minimum Gasteiger partial charge on any atom is -0.298 e. The summed E-state index contributed by atoms with van der Waals surface area (Å²) in [7, 11) is 0. The summed E-state index contributed by atoms with van der Waals surface area (Å²) in [6.07, 6.45) is 9.05. The molecular formula is C15H26N2. The molecule has 2 aliphatic heterocycles. The lowest BCUT2D eigenvalue weighted by Crippen LogP contribution is -2.56. The van der Waals surface area contributed by atoms with Crippen molar-refractivity contribution in [3.05, 3.63) is 0 Å². The van der Waals surface area contributed by atoms with Gasteiger partial charge < -0.3 is 0 Å². The van der Waals surface area contributed by atoms with Gasteiger partial charge in [-0.3, -0.25) is 9.80 Å². The maximum Gasteiger partial charge on any atom is 0.0224 e. The molecule has 0 amide bonds. The van der Waals surface area contributed by atoms with Crippen LogP contribution in [-0.2, 0) is 0 Å². The lowest BCUT2D eigenvalue weighted by molar-refractivity contribution is 0.0414. The van der Waals surface area contributed by atoms with E-state index in [-0.39, 0.29) is 0 Å². The molecule has 0 radical (unpaired) electrons. The summed E-state index contributed by atoms with van der Waals surface area (Å²) in [5, 5.41) is 0. The second-order valence-corrected chi connectivity index (χ2v) is 7.21. The van der Waals surface area contributed by atoms with Crippen LogP contribution in [0.3, 0.4) is 0 Å². The van der Waals surface area contributed by atoms with Crippen molar-refractivity contribution < 1.29 is 0 Å². The molecule has 2 saturated carbocycles. The Morgan fingerprint density at radius 2 is 1.94 bits per heavy atom. The topological polar surface area (TPSA) is 6.48 Å². The molecule has 0 aromatic heterocycles. The van der Waals surface area contributed by atoms with Crippen molar-refractivity contribution >= 4 is 0 Å². The normalized spacial score (nSPS) is 41.5. The molecule has 0 aromatic rings. The molecule has 4 rings (SSSR count). The molecule has 0 bridgehead atoms. The number of hydrogen-bond donors (Lipinski definition) is 0. The third kappa shape index (κ3) is 1.84. The van der Waals surface area contributed by atoms with Gasteiger partial charge >= 0.3 is 0 Å². The van der Waals surface area contributed by atoms with Crippen molar-refractivity contribution in [2.24, 2.45) is 11.3 Å². The van der Waals surface area contributed by atoms with Gasteiger partial charge in [0, 0.05) is 31.7 Å². The second-order valence-electron chi connectivity index (χ2n) is 7.21. The Bertz CT molecular complexity index is 306. The van der Waals surface area contributed by atoms with Crippen LogP contribution in [0.2, 0.25) is 0 Å². The first kappa shape index (κ1) is 10.8. The quantitative estimate of drug-likeness (QED) is 0.739. The fourth-order valence-corrected chi connectivity index (χ4v) is 4.42. The van der Waals surface area contributed by atoms with Crippen LogP contribution in [0.15, 0.2) is 0 Å². The average Bonchev–Trinajstić information content (AvgIpc) is 3.18. The van der Waals surface area contributed by atoms with E-state index < -0.39 is 0 Å². The molecule has 96 valence electrons. The summed E-state index contributed by atoms with van der Waals surface area (Å²) in [4.78, 5) is 5.59. The summed E-state index contributed by atoms with van der Waals surface area (Å²) in [5.74, 6) is 1.12. The predicted molar refractivity (Wildman–Crippen MR) is 70.0 cm³/mol. The first-order valence-corrected chi connectivity index (χ1v) is 7.75. The first-order chi connectivity index (χ1) is 8.27. The van der Waals surface area contributed by atoms with Crippen LogP contribution in [0, 0.1) is 11.3 Å². The number of fused-ring (bicyclic) bond motifs is 1. The van der Waals surface area contributed by atoms with Gasteiger partial charge in [0.15, 0.2) is 0 Å². The van der Waals surface area contributed by atoms with Gasteiger partial charge in [0.25, 0.3) is 0 Å². The molecule has 2 aliphatic carbocycles. The van der Waals surface area contributed by atoms with E-state index in [1.54, 1.807) is 0 Å². The molecule has 17 heavy (non-hydrogen) atoms. The Kier molecular flexibility index (Phi) is 2.36. The lowest BCUT2D eigenvalue weighted by atomic mass is 9.97. The van der Waals surface area contributed by atoms with E-state index in [1.807, 2.05) is 0 Å². The molecule has 2 saturated heterocycles. The predicted octanol–water partition coefficient (Wildman–Crippen LogP) is 2.35. The van der Waals surface area contributed by atoms with Crippen LogP contribution in [0.25, 0.3) is 0 Å². The van der Waals surface area contributed by atoms with Crippen LogP contribution >= 0.6 is 0 Å².